The van der Waals surface area contributed by atoms with E-state index in [1.165, 1.54) is 12.1 Å². The number of halogens is 1. The number of carbonyl (C=O) groups excluding carboxylic acids is 1. The zero-order valence-electron chi connectivity index (χ0n) is 13.9. The molecule has 0 radical (unpaired) electrons. The van der Waals surface area contributed by atoms with Crippen LogP contribution in [0, 0.1) is 17.1 Å². The van der Waals surface area contributed by atoms with Gasteiger partial charge in [0.25, 0.3) is 0 Å². The summed E-state index contributed by atoms with van der Waals surface area (Å²) in [5, 5.41) is 14.9. The fourth-order valence-electron chi connectivity index (χ4n) is 2.63. The van der Waals surface area contributed by atoms with Crippen LogP contribution in [-0.2, 0) is 6.54 Å². The summed E-state index contributed by atoms with van der Waals surface area (Å²) in [5.74, 6) is -0.355. The minimum Gasteiger partial charge on any atom is -0.334 e. The fourth-order valence-corrected chi connectivity index (χ4v) is 2.63. The molecule has 26 heavy (non-hydrogen) atoms. The number of urea groups is 1. The van der Waals surface area contributed by atoms with E-state index in [0.717, 1.165) is 11.1 Å². The molecule has 3 aromatic carbocycles. The Morgan fingerprint density at radius 3 is 2.50 bits per heavy atom. The van der Waals surface area contributed by atoms with Gasteiger partial charge in [-0.15, -0.1) is 0 Å². The summed E-state index contributed by atoms with van der Waals surface area (Å²) in [7, 11) is 0. The average Bonchev–Trinajstić information content (AvgIpc) is 2.67. The first-order valence-corrected chi connectivity index (χ1v) is 8.05. The van der Waals surface area contributed by atoms with Gasteiger partial charge in [-0.3, -0.25) is 0 Å². The van der Waals surface area contributed by atoms with Gasteiger partial charge in [0.2, 0.25) is 0 Å². The molecule has 0 heterocycles. The number of nitrogens with zero attached hydrogens (tertiary/aromatic N) is 1. The number of hydrogen-bond donors (Lipinski definition) is 2. The standard InChI is InChI=1S/C21H16FN3O/c22-17-9-4-6-15(12-17)14-24-21(26)25-20-11-5-10-18(19(20)13-23)16-7-2-1-3-8-16/h1-12H,14H2,(H2,24,25,26). The molecule has 0 aliphatic rings. The van der Waals surface area contributed by atoms with E-state index in [1.54, 1.807) is 24.3 Å². The Balaban J connectivity index is 1.75. The van der Waals surface area contributed by atoms with Gasteiger partial charge in [0.1, 0.15) is 11.9 Å². The second-order valence-electron chi connectivity index (χ2n) is 5.64. The summed E-state index contributed by atoms with van der Waals surface area (Å²) in [5.41, 5.74) is 3.10. The number of rotatable bonds is 4. The molecule has 0 bridgehead atoms. The average molecular weight is 345 g/mol. The molecule has 0 unspecified atom stereocenters. The van der Waals surface area contributed by atoms with E-state index in [4.69, 9.17) is 0 Å². The zero-order chi connectivity index (χ0) is 18.4. The Labute approximate surface area is 150 Å². The molecule has 0 aromatic heterocycles. The Bertz CT molecular complexity index is 964. The van der Waals surface area contributed by atoms with Gasteiger partial charge >= 0.3 is 6.03 Å². The fraction of sp³-hybridized carbons (Fsp3) is 0.0476. The zero-order valence-corrected chi connectivity index (χ0v) is 13.9. The number of amides is 2. The van der Waals surface area contributed by atoms with Crippen LogP contribution in [0.2, 0.25) is 0 Å². The van der Waals surface area contributed by atoms with Crippen LogP contribution in [-0.4, -0.2) is 6.03 Å². The lowest BCUT2D eigenvalue weighted by Crippen LogP contribution is -2.28. The second kappa shape index (κ2) is 7.95. The number of hydrogen-bond acceptors (Lipinski definition) is 2. The van der Waals surface area contributed by atoms with Gasteiger partial charge in [-0.2, -0.15) is 5.26 Å². The minimum atomic E-state index is -0.462. The number of nitrogens with one attached hydrogen (secondary N) is 2. The van der Waals surface area contributed by atoms with Gasteiger partial charge in [0.05, 0.1) is 11.3 Å². The molecule has 3 rings (SSSR count). The molecular weight excluding hydrogens is 329 g/mol. The summed E-state index contributed by atoms with van der Waals surface area (Å²) >= 11 is 0. The van der Waals surface area contributed by atoms with Gasteiger partial charge < -0.3 is 10.6 Å². The van der Waals surface area contributed by atoms with Crippen molar-refractivity contribution in [3.63, 3.8) is 0 Å². The van der Waals surface area contributed by atoms with Gasteiger partial charge in [-0.05, 0) is 29.3 Å². The molecule has 0 fully saturated rings. The Morgan fingerprint density at radius 2 is 1.77 bits per heavy atom. The first kappa shape index (κ1) is 17.2. The smallest absolute Gasteiger partial charge is 0.319 e. The van der Waals surface area contributed by atoms with Crippen molar-refractivity contribution in [3.05, 3.63) is 89.7 Å². The highest BCUT2D eigenvalue weighted by Crippen LogP contribution is 2.28. The van der Waals surface area contributed by atoms with Crippen molar-refractivity contribution in [2.75, 3.05) is 5.32 Å². The van der Waals surface area contributed by atoms with Crippen molar-refractivity contribution < 1.29 is 9.18 Å². The topological polar surface area (TPSA) is 64.9 Å². The third-order valence-corrected chi connectivity index (χ3v) is 3.85. The summed E-state index contributed by atoms with van der Waals surface area (Å²) in [6, 6.07) is 22.5. The Hall–Kier alpha value is -3.65. The van der Waals surface area contributed by atoms with Crippen LogP contribution < -0.4 is 10.6 Å². The van der Waals surface area contributed by atoms with Crippen molar-refractivity contribution >= 4 is 11.7 Å². The van der Waals surface area contributed by atoms with Crippen molar-refractivity contribution in [3.8, 4) is 17.2 Å². The predicted octanol–water partition coefficient (Wildman–Crippen LogP) is 4.69. The van der Waals surface area contributed by atoms with E-state index in [2.05, 4.69) is 16.7 Å². The number of anilines is 1. The molecule has 4 nitrogen and oxygen atoms in total. The lowest BCUT2D eigenvalue weighted by atomic mass is 9.99. The SMILES string of the molecule is N#Cc1c(NC(=O)NCc2cccc(F)c2)cccc1-c1ccccc1. The maximum absolute atomic E-state index is 13.2. The number of nitriles is 1. The van der Waals surface area contributed by atoms with Crippen molar-refractivity contribution in [1.29, 1.82) is 5.26 Å². The van der Waals surface area contributed by atoms with Crippen LogP contribution in [0.5, 0.6) is 0 Å². The van der Waals surface area contributed by atoms with Gasteiger partial charge in [0, 0.05) is 12.1 Å². The monoisotopic (exact) mass is 345 g/mol. The molecule has 0 aliphatic heterocycles. The van der Waals surface area contributed by atoms with E-state index in [9.17, 15) is 14.4 Å². The van der Waals surface area contributed by atoms with E-state index < -0.39 is 6.03 Å². The maximum atomic E-state index is 13.2. The molecule has 5 heteroatoms. The lowest BCUT2D eigenvalue weighted by molar-refractivity contribution is 0.251. The van der Waals surface area contributed by atoms with E-state index in [1.807, 2.05) is 36.4 Å². The summed E-state index contributed by atoms with van der Waals surface area (Å²) in [6.45, 7) is 0.184. The van der Waals surface area contributed by atoms with Crippen molar-refractivity contribution in [2.24, 2.45) is 0 Å². The van der Waals surface area contributed by atoms with Gasteiger partial charge in [-0.1, -0.05) is 54.6 Å². The summed E-state index contributed by atoms with van der Waals surface area (Å²) < 4.78 is 13.2. The molecule has 0 spiro atoms. The molecule has 0 saturated carbocycles. The normalized spacial score (nSPS) is 10.0. The third-order valence-electron chi connectivity index (χ3n) is 3.85. The number of benzene rings is 3. The molecule has 128 valence electrons. The Kier molecular flexibility index (Phi) is 5.25. The first-order valence-electron chi connectivity index (χ1n) is 8.05. The highest BCUT2D eigenvalue weighted by atomic mass is 19.1. The van der Waals surface area contributed by atoms with E-state index in [-0.39, 0.29) is 12.4 Å². The highest BCUT2D eigenvalue weighted by molar-refractivity contribution is 5.92. The molecule has 3 aromatic rings. The molecule has 2 amide bonds. The van der Waals surface area contributed by atoms with Gasteiger partial charge in [0.15, 0.2) is 0 Å². The largest absolute Gasteiger partial charge is 0.334 e. The molecule has 0 aliphatic carbocycles. The highest BCUT2D eigenvalue weighted by Gasteiger charge is 2.12. The van der Waals surface area contributed by atoms with Crippen molar-refractivity contribution in [2.45, 2.75) is 6.54 Å². The quantitative estimate of drug-likeness (QED) is 0.721. The van der Waals surface area contributed by atoms with Crippen LogP contribution in [0.1, 0.15) is 11.1 Å². The molecule has 0 saturated heterocycles. The van der Waals surface area contributed by atoms with Crippen LogP contribution in [0.4, 0.5) is 14.9 Å². The Morgan fingerprint density at radius 1 is 1.00 bits per heavy atom. The van der Waals surface area contributed by atoms with Crippen LogP contribution >= 0.6 is 0 Å². The molecule has 0 atom stereocenters. The number of carbonyl (C=O) groups is 1. The van der Waals surface area contributed by atoms with E-state index in [0.29, 0.717) is 16.8 Å². The van der Waals surface area contributed by atoms with Crippen LogP contribution in [0.15, 0.2) is 72.8 Å². The lowest BCUT2D eigenvalue weighted by Gasteiger charge is -2.12. The predicted molar refractivity (Wildman–Crippen MR) is 98.9 cm³/mol. The molecule has 2 N–H and O–H groups in total. The van der Waals surface area contributed by atoms with Gasteiger partial charge in [-0.25, -0.2) is 9.18 Å². The summed E-state index contributed by atoms with van der Waals surface area (Å²) in [4.78, 5) is 12.2. The second-order valence-corrected chi connectivity index (χ2v) is 5.64. The van der Waals surface area contributed by atoms with E-state index >= 15 is 0 Å². The third kappa shape index (κ3) is 4.05. The van der Waals surface area contributed by atoms with Crippen molar-refractivity contribution in [1.82, 2.24) is 5.32 Å². The van der Waals surface area contributed by atoms with Crippen LogP contribution in [0.3, 0.4) is 0 Å². The van der Waals surface area contributed by atoms with Crippen LogP contribution in [0.25, 0.3) is 11.1 Å². The minimum absolute atomic E-state index is 0.184. The summed E-state index contributed by atoms with van der Waals surface area (Å²) in [6.07, 6.45) is 0. The maximum Gasteiger partial charge on any atom is 0.319 e. The first-order chi connectivity index (χ1) is 12.7. The molecular formula is C21H16FN3O.